The molecule has 0 aromatic heterocycles. The molecule has 2 aromatic rings. The van der Waals surface area contributed by atoms with Crippen molar-refractivity contribution < 1.29 is 14.2 Å². The van der Waals surface area contributed by atoms with Crippen molar-refractivity contribution in [2.24, 2.45) is 4.99 Å². The molecule has 0 amide bonds. The summed E-state index contributed by atoms with van der Waals surface area (Å²) in [4.78, 5) is 6.49. The van der Waals surface area contributed by atoms with Gasteiger partial charge in [-0.1, -0.05) is 24.3 Å². The van der Waals surface area contributed by atoms with Crippen molar-refractivity contribution in [3.63, 3.8) is 0 Å². The molecule has 0 aliphatic heterocycles. The molecule has 0 atom stereocenters. The minimum atomic E-state index is 0. The Morgan fingerprint density at radius 3 is 2.21 bits per heavy atom. The van der Waals surface area contributed by atoms with Gasteiger partial charge in [-0.15, -0.1) is 24.0 Å². The van der Waals surface area contributed by atoms with Crippen LogP contribution in [0.1, 0.15) is 16.7 Å². The zero-order valence-corrected chi connectivity index (χ0v) is 19.7. The van der Waals surface area contributed by atoms with Crippen LogP contribution >= 0.6 is 24.0 Å². The van der Waals surface area contributed by atoms with Gasteiger partial charge in [0.15, 0.2) is 17.5 Å². The number of halogens is 1. The Kier molecular flexibility index (Phi) is 9.92. The number of hydrogen-bond donors (Lipinski definition) is 1. The van der Waals surface area contributed by atoms with Crippen molar-refractivity contribution in [2.75, 3.05) is 35.4 Å². The monoisotopic (exact) mass is 499 g/mol. The highest BCUT2D eigenvalue weighted by molar-refractivity contribution is 14.0. The molecule has 28 heavy (non-hydrogen) atoms. The van der Waals surface area contributed by atoms with Crippen molar-refractivity contribution >= 4 is 29.9 Å². The molecular formula is C21H30IN3O3. The molecule has 0 heterocycles. The molecule has 6 nitrogen and oxygen atoms in total. The fraction of sp³-hybridized carbons (Fsp3) is 0.381. The average Bonchev–Trinajstić information content (AvgIpc) is 2.69. The molecule has 0 spiro atoms. The van der Waals surface area contributed by atoms with Crippen LogP contribution in [0.3, 0.4) is 0 Å². The Balaban J connectivity index is 0.00000392. The van der Waals surface area contributed by atoms with Crippen molar-refractivity contribution in [3.05, 3.63) is 53.1 Å². The van der Waals surface area contributed by atoms with E-state index >= 15 is 0 Å². The molecule has 0 fully saturated rings. The molecule has 0 saturated heterocycles. The Hall–Kier alpha value is -2.16. The van der Waals surface area contributed by atoms with Crippen LogP contribution in [0.15, 0.2) is 41.4 Å². The third-order valence-corrected chi connectivity index (χ3v) is 4.46. The highest BCUT2D eigenvalue weighted by Gasteiger charge is 2.16. The minimum Gasteiger partial charge on any atom is -0.493 e. The summed E-state index contributed by atoms with van der Waals surface area (Å²) in [7, 11) is 8.64. The summed E-state index contributed by atoms with van der Waals surface area (Å²) in [6.45, 7) is 3.44. The molecular weight excluding hydrogens is 469 g/mol. The van der Waals surface area contributed by atoms with Crippen molar-refractivity contribution in [2.45, 2.75) is 20.0 Å². The number of nitrogens with one attached hydrogen (secondary N) is 1. The van der Waals surface area contributed by atoms with Crippen molar-refractivity contribution in [1.29, 1.82) is 0 Å². The fourth-order valence-corrected chi connectivity index (χ4v) is 2.98. The third-order valence-electron chi connectivity index (χ3n) is 4.46. The lowest BCUT2D eigenvalue weighted by Gasteiger charge is -2.24. The maximum absolute atomic E-state index is 5.55. The lowest BCUT2D eigenvalue weighted by atomic mass is 10.1. The fourth-order valence-electron chi connectivity index (χ4n) is 2.98. The second-order valence-corrected chi connectivity index (χ2v) is 6.18. The van der Waals surface area contributed by atoms with Gasteiger partial charge < -0.3 is 24.4 Å². The largest absolute Gasteiger partial charge is 0.493 e. The highest BCUT2D eigenvalue weighted by atomic mass is 127. The van der Waals surface area contributed by atoms with Crippen LogP contribution < -0.4 is 19.5 Å². The number of benzene rings is 2. The maximum Gasteiger partial charge on any atom is 0.203 e. The second-order valence-electron chi connectivity index (χ2n) is 6.18. The SMILES string of the molecule is CN=C(NCc1ccc(OC)c(OC)c1OC)N(C)Cc1ccccc1C.I. The summed E-state index contributed by atoms with van der Waals surface area (Å²) in [5.74, 6) is 2.68. The van der Waals surface area contributed by atoms with Crippen LogP contribution in [0, 0.1) is 6.92 Å². The standard InChI is InChI=1S/C21H29N3O3.HI/c1-15-9-7-8-10-17(15)14-24(3)21(22-2)23-13-16-11-12-18(25-4)20(27-6)19(16)26-5;/h7-12H,13-14H2,1-6H3,(H,22,23);1H. The molecule has 1 N–H and O–H groups in total. The van der Waals surface area contributed by atoms with Crippen molar-refractivity contribution in [1.82, 2.24) is 10.2 Å². The van der Waals surface area contributed by atoms with E-state index < -0.39 is 0 Å². The van der Waals surface area contributed by atoms with Crippen LogP contribution in [0.5, 0.6) is 17.2 Å². The normalized spacial score (nSPS) is 10.7. The third kappa shape index (κ3) is 5.67. The summed E-state index contributed by atoms with van der Waals surface area (Å²) in [5, 5.41) is 3.39. The van der Waals surface area contributed by atoms with Crippen LogP contribution in [0.4, 0.5) is 0 Å². The van der Waals surface area contributed by atoms with E-state index in [0.717, 1.165) is 18.1 Å². The summed E-state index contributed by atoms with van der Waals surface area (Å²) in [5.41, 5.74) is 3.49. The predicted molar refractivity (Wildman–Crippen MR) is 124 cm³/mol. The zero-order valence-electron chi connectivity index (χ0n) is 17.4. The van der Waals surface area contributed by atoms with Gasteiger partial charge in [-0.05, 0) is 30.2 Å². The number of guanidine groups is 1. The van der Waals surface area contributed by atoms with E-state index in [0.29, 0.717) is 23.8 Å². The van der Waals surface area contributed by atoms with E-state index in [2.05, 4.69) is 46.4 Å². The lowest BCUT2D eigenvalue weighted by molar-refractivity contribution is 0.322. The van der Waals surface area contributed by atoms with Gasteiger partial charge in [0.2, 0.25) is 5.75 Å². The van der Waals surface area contributed by atoms with Gasteiger partial charge in [0, 0.05) is 32.7 Å². The van der Waals surface area contributed by atoms with Gasteiger partial charge in [0.25, 0.3) is 0 Å². The molecule has 0 aliphatic carbocycles. The molecule has 0 radical (unpaired) electrons. The first kappa shape index (κ1) is 23.9. The first-order valence-corrected chi connectivity index (χ1v) is 8.79. The molecule has 2 rings (SSSR count). The number of methoxy groups -OCH3 is 3. The van der Waals surface area contributed by atoms with Gasteiger partial charge in [-0.3, -0.25) is 4.99 Å². The molecule has 7 heteroatoms. The predicted octanol–water partition coefficient (Wildman–Crippen LogP) is 3.85. The van der Waals surface area contributed by atoms with Crippen molar-refractivity contribution in [3.8, 4) is 17.2 Å². The Labute approximate surface area is 184 Å². The second kappa shape index (κ2) is 11.6. The number of nitrogens with zero attached hydrogens (tertiary/aromatic N) is 2. The Bertz CT molecular complexity index is 796. The molecule has 2 aromatic carbocycles. The summed E-state index contributed by atoms with van der Waals surface area (Å²) in [6, 6.07) is 12.2. The first-order valence-electron chi connectivity index (χ1n) is 8.79. The molecule has 0 unspecified atom stereocenters. The first-order chi connectivity index (χ1) is 13.0. The zero-order chi connectivity index (χ0) is 19.8. The lowest BCUT2D eigenvalue weighted by Crippen LogP contribution is -2.38. The van der Waals surface area contributed by atoms with E-state index in [1.165, 1.54) is 11.1 Å². The molecule has 0 aliphatic rings. The van der Waals surface area contributed by atoms with E-state index in [4.69, 9.17) is 14.2 Å². The van der Waals surface area contributed by atoms with Gasteiger partial charge in [-0.2, -0.15) is 0 Å². The van der Waals surface area contributed by atoms with Crippen LogP contribution in [-0.4, -0.2) is 46.3 Å². The molecule has 0 saturated carbocycles. The molecule has 154 valence electrons. The Morgan fingerprint density at radius 2 is 1.64 bits per heavy atom. The smallest absolute Gasteiger partial charge is 0.203 e. The molecule has 0 bridgehead atoms. The number of aryl methyl sites for hydroxylation is 1. The topological polar surface area (TPSA) is 55.3 Å². The van der Waals surface area contributed by atoms with E-state index in [1.54, 1.807) is 28.4 Å². The maximum atomic E-state index is 5.55. The van der Waals surface area contributed by atoms with Gasteiger partial charge in [0.05, 0.1) is 21.3 Å². The van der Waals surface area contributed by atoms with Gasteiger partial charge in [0.1, 0.15) is 0 Å². The van der Waals surface area contributed by atoms with E-state index in [9.17, 15) is 0 Å². The van der Waals surface area contributed by atoms with E-state index in [1.807, 2.05) is 19.2 Å². The van der Waals surface area contributed by atoms with Crippen LogP contribution in [0.25, 0.3) is 0 Å². The van der Waals surface area contributed by atoms with Gasteiger partial charge in [-0.25, -0.2) is 0 Å². The van der Waals surface area contributed by atoms with Gasteiger partial charge >= 0.3 is 0 Å². The number of hydrogen-bond acceptors (Lipinski definition) is 4. The minimum absolute atomic E-state index is 0. The summed E-state index contributed by atoms with van der Waals surface area (Å²) >= 11 is 0. The quantitative estimate of drug-likeness (QED) is 0.357. The highest BCUT2D eigenvalue weighted by Crippen LogP contribution is 2.39. The summed E-state index contributed by atoms with van der Waals surface area (Å²) < 4.78 is 16.3. The Morgan fingerprint density at radius 1 is 0.964 bits per heavy atom. The number of ether oxygens (including phenoxy) is 3. The van der Waals surface area contributed by atoms with Crippen LogP contribution in [0.2, 0.25) is 0 Å². The number of aliphatic imine (C=N–C) groups is 1. The average molecular weight is 499 g/mol. The van der Waals surface area contributed by atoms with Crippen LogP contribution in [-0.2, 0) is 13.1 Å². The summed E-state index contributed by atoms with van der Waals surface area (Å²) in [6.07, 6.45) is 0. The number of rotatable bonds is 7. The van der Waals surface area contributed by atoms with E-state index in [-0.39, 0.29) is 24.0 Å².